The van der Waals surface area contributed by atoms with Gasteiger partial charge in [-0.25, -0.2) is 0 Å². The van der Waals surface area contributed by atoms with Gasteiger partial charge in [0, 0.05) is 0 Å². The standard InChI is InChI=1S/C2H5OS.S.Zn/c3-1-2-4;;/h1,3-4H,2H2;;. The third-order valence-electron chi connectivity index (χ3n) is 0.403. The average molecular weight is 175 g/mol. The van der Waals surface area contributed by atoms with E-state index in [-0.39, 0.29) is 4.70 Å². The Kier molecular flexibility index (Phi) is 5.15. The summed E-state index contributed by atoms with van der Waals surface area (Å²) in [7, 11) is 4.66. The minimum atomic E-state index is -0.946. The number of aliphatic hydroxyl groups excluding tert-OH is 1. The van der Waals surface area contributed by atoms with E-state index in [1.54, 1.807) is 0 Å². The predicted molar refractivity (Wildman–Crippen MR) is 27.5 cm³/mol. The van der Waals surface area contributed by atoms with Crippen molar-refractivity contribution in [3.05, 3.63) is 0 Å². The predicted octanol–water partition coefficient (Wildman–Crippen LogP) is 0.430. The van der Waals surface area contributed by atoms with Crippen molar-refractivity contribution in [3.8, 4) is 0 Å². The van der Waals surface area contributed by atoms with Crippen molar-refractivity contribution in [3.63, 3.8) is 0 Å². The van der Waals surface area contributed by atoms with Crippen LogP contribution in [0.5, 0.6) is 0 Å². The average Bonchev–Trinajstić information content (AvgIpc) is 1.65. The molecule has 0 aliphatic carbocycles. The molecule has 0 saturated carbocycles. The third-order valence-corrected chi connectivity index (χ3v) is 5.26. The van der Waals surface area contributed by atoms with Gasteiger partial charge in [-0.05, 0) is 0 Å². The molecule has 6 heavy (non-hydrogen) atoms. The van der Waals surface area contributed by atoms with Crippen LogP contribution in [0.3, 0.4) is 0 Å². The van der Waals surface area contributed by atoms with Gasteiger partial charge in [0.15, 0.2) is 0 Å². The van der Waals surface area contributed by atoms with E-state index in [4.69, 9.17) is 5.11 Å². The molecule has 0 aromatic heterocycles. The molecule has 33 valence electrons. The third kappa shape index (κ3) is 3.35. The summed E-state index contributed by atoms with van der Waals surface area (Å²) in [6.07, 6.45) is 0. The van der Waals surface area contributed by atoms with Crippen LogP contribution in [0.4, 0.5) is 0 Å². The SMILES string of the molecule is O[CH](CS)[Zn]=[S]. The van der Waals surface area contributed by atoms with Crippen LogP contribution in [0.15, 0.2) is 0 Å². The summed E-state index contributed by atoms with van der Waals surface area (Å²) < 4.78 is -0.198. The van der Waals surface area contributed by atoms with E-state index >= 15 is 0 Å². The first-order valence-corrected chi connectivity index (χ1v) is 8.24. The van der Waals surface area contributed by atoms with Gasteiger partial charge in [0.1, 0.15) is 0 Å². The van der Waals surface area contributed by atoms with Gasteiger partial charge in [0.2, 0.25) is 0 Å². The zero-order valence-electron chi connectivity index (χ0n) is 3.29. The first-order chi connectivity index (χ1) is 2.81. The van der Waals surface area contributed by atoms with E-state index in [9.17, 15) is 0 Å². The number of thiol groups is 1. The van der Waals surface area contributed by atoms with E-state index in [1.807, 2.05) is 0 Å². The molecule has 0 aliphatic heterocycles. The maximum atomic E-state index is 8.57. The molecule has 0 radical (unpaired) electrons. The molecule has 1 N–H and O–H groups in total. The van der Waals surface area contributed by atoms with E-state index in [2.05, 4.69) is 22.7 Å². The van der Waals surface area contributed by atoms with Gasteiger partial charge in [-0.3, -0.25) is 0 Å². The fraction of sp³-hybridized carbons (Fsp3) is 1.00. The second-order valence-corrected chi connectivity index (χ2v) is 5.78. The molecule has 0 spiro atoms. The molecule has 1 nitrogen and oxygen atoms in total. The first kappa shape index (κ1) is 7.15. The molecular formula is C2H5OS2Zn. The van der Waals surface area contributed by atoms with E-state index < -0.39 is 15.4 Å². The quantitative estimate of drug-likeness (QED) is 0.468. The van der Waals surface area contributed by atoms with Crippen molar-refractivity contribution in [2.24, 2.45) is 0 Å². The number of hydrogen-bond acceptors (Lipinski definition) is 3. The fourth-order valence-corrected chi connectivity index (χ4v) is 2.46. The molecule has 4 heteroatoms. The molecule has 0 bridgehead atoms. The molecule has 0 amide bonds. The van der Waals surface area contributed by atoms with E-state index in [0.29, 0.717) is 5.75 Å². The van der Waals surface area contributed by atoms with Crippen molar-refractivity contribution in [1.82, 2.24) is 0 Å². The Hall–Kier alpha value is 1.15. The second kappa shape index (κ2) is 4.32. The minimum absolute atomic E-state index is 0.198. The molecule has 0 heterocycles. The van der Waals surface area contributed by atoms with Crippen LogP contribution in [0, 0.1) is 0 Å². The molecule has 0 aromatic carbocycles. The Balaban J connectivity index is 2.96. The van der Waals surface area contributed by atoms with Gasteiger partial charge in [0.05, 0.1) is 0 Å². The summed E-state index contributed by atoms with van der Waals surface area (Å²) in [5, 5.41) is 8.57. The van der Waals surface area contributed by atoms with E-state index in [1.165, 1.54) is 0 Å². The normalized spacial score (nSPS) is 13.0. The van der Waals surface area contributed by atoms with Crippen molar-refractivity contribution in [2.45, 2.75) is 4.70 Å². The topological polar surface area (TPSA) is 20.2 Å². The van der Waals surface area contributed by atoms with E-state index in [0.717, 1.165) is 0 Å². The van der Waals surface area contributed by atoms with Gasteiger partial charge < -0.3 is 0 Å². The van der Waals surface area contributed by atoms with Crippen molar-refractivity contribution in [1.29, 1.82) is 0 Å². The van der Waals surface area contributed by atoms with Crippen LogP contribution in [0.2, 0.25) is 0 Å². The summed E-state index contributed by atoms with van der Waals surface area (Å²) >= 11 is 2.88. The maximum absolute atomic E-state index is 8.57. The van der Waals surface area contributed by atoms with Crippen LogP contribution in [-0.2, 0) is 15.4 Å². The second-order valence-electron chi connectivity index (χ2n) is 1.00. The Labute approximate surface area is 53.7 Å². The molecular weight excluding hydrogens is 170 g/mol. The summed E-state index contributed by atoms with van der Waals surface area (Å²) in [6.45, 7) is 0. The van der Waals surface area contributed by atoms with Crippen molar-refractivity contribution in [2.75, 3.05) is 5.75 Å². The summed E-state index contributed by atoms with van der Waals surface area (Å²) in [5.41, 5.74) is 0. The molecule has 1 atom stereocenters. The molecule has 0 fully saturated rings. The Morgan fingerprint density at radius 1 is 2.00 bits per heavy atom. The summed E-state index contributed by atoms with van der Waals surface area (Å²) in [6, 6.07) is 0. The van der Waals surface area contributed by atoms with Gasteiger partial charge in [-0.1, -0.05) is 0 Å². The van der Waals surface area contributed by atoms with Crippen molar-refractivity contribution >= 4 is 22.7 Å². The number of aliphatic hydroxyl groups is 1. The molecule has 1 unspecified atom stereocenters. The first-order valence-electron chi connectivity index (χ1n) is 1.68. The molecule has 0 aliphatic rings. The van der Waals surface area contributed by atoms with Gasteiger partial charge in [-0.2, -0.15) is 0 Å². The zero-order valence-corrected chi connectivity index (χ0v) is 7.97. The van der Waals surface area contributed by atoms with Crippen LogP contribution < -0.4 is 0 Å². The van der Waals surface area contributed by atoms with Gasteiger partial charge in [-0.15, -0.1) is 0 Å². The monoisotopic (exact) mass is 173 g/mol. The molecule has 0 aromatic rings. The van der Waals surface area contributed by atoms with Crippen LogP contribution in [-0.4, -0.2) is 15.6 Å². The fourth-order valence-electron chi connectivity index (χ4n) is 0.0527. The Bertz CT molecular complexity index is 48.8. The van der Waals surface area contributed by atoms with Crippen LogP contribution in [0.25, 0.3) is 0 Å². The van der Waals surface area contributed by atoms with Crippen LogP contribution >= 0.6 is 22.7 Å². The Morgan fingerprint density at radius 2 is 2.50 bits per heavy atom. The van der Waals surface area contributed by atoms with Crippen molar-refractivity contribution < 1.29 is 20.5 Å². The molecule has 0 rings (SSSR count). The number of hydrogen-bond donors (Lipinski definition) is 2. The molecule has 0 saturated heterocycles. The zero-order chi connectivity index (χ0) is 4.99. The number of rotatable bonds is 2. The Morgan fingerprint density at radius 3 is 2.50 bits per heavy atom. The van der Waals surface area contributed by atoms with Gasteiger partial charge >= 0.3 is 53.7 Å². The summed E-state index contributed by atoms with van der Waals surface area (Å²) in [5.74, 6) is 0.559. The van der Waals surface area contributed by atoms with Gasteiger partial charge in [0.25, 0.3) is 0 Å². The summed E-state index contributed by atoms with van der Waals surface area (Å²) in [4.78, 5) is 0. The van der Waals surface area contributed by atoms with Crippen LogP contribution in [0.1, 0.15) is 0 Å².